The maximum absolute atomic E-state index is 5.60. The number of rotatable bonds is 3. The van der Waals surface area contributed by atoms with Crippen LogP contribution >= 0.6 is 11.8 Å². The average molecular weight is 247 g/mol. The van der Waals surface area contributed by atoms with Crippen LogP contribution in [-0.4, -0.2) is 9.97 Å². The van der Waals surface area contributed by atoms with Gasteiger partial charge in [-0.2, -0.15) is 0 Å². The fourth-order valence-corrected chi connectivity index (χ4v) is 2.09. The summed E-state index contributed by atoms with van der Waals surface area (Å²) >= 11 is 1.41. The van der Waals surface area contributed by atoms with Crippen LogP contribution < -0.4 is 17.2 Å². The first-order valence-electron chi connectivity index (χ1n) is 5.04. The molecule has 0 saturated carbocycles. The van der Waals surface area contributed by atoms with E-state index in [-0.39, 0.29) is 0 Å². The van der Waals surface area contributed by atoms with Gasteiger partial charge in [0.25, 0.3) is 0 Å². The van der Waals surface area contributed by atoms with E-state index in [0.717, 1.165) is 10.5 Å². The van der Waals surface area contributed by atoms with Gasteiger partial charge < -0.3 is 17.2 Å². The molecule has 1 heterocycles. The van der Waals surface area contributed by atoms with Crippen LogP contribution in [0.25, 0.3) is 0 Å². The minimum Gasteiger partial charge on any atom is -0.383 e. The Morgan fingerprint density at radius 1 is 1.00 bits per heavy atom. The topological polar surface area (TPSA) is 104 Å². The van der Waals surface area contributed by atoms with Crippen molar-refractivity contribution in [3.05, 3.63) is 35.9 Å². The molecule has 2 aromatic rings. The minimum atomic E-state index is 0.374. The van der Waals surface area contributed by atoms with Crippen LogP contribution in [0.15, 0.2) is 40.4 Å². The Bertz CT molecular complexity index is 492. The molecule has 1 aromatic carbocycles. The molecule has 2 rings (SSSR count). The van der Waals surface area contributed by atoms with Crippen molar-refractivity contribution in [3.8, 4) is 0 Å². The van der Waals surface area contributed by atoms with Crippen LogP contribution in [0.5, 0.6) is 0 Å². The van der Waals surface area contributed by atoms with Crippen LogP contribution in [-0.2, 0) is 6.54 Å². The van der Waals surface area contributed by atoms with Gasteiger partial charge in [-0.25, -0.2) is 9.97 Å². The minimum absolute atomic E-state index is 0.374. The highest BCUT2D eigenvalue weighted by Crippen LogP contribution is 2.25. The van der Waals surface area contributed by atoms with E-state index in [2.05, 4.69) is 9.97 Å². The smallest absolute Gasteiger partial charge is 0.196 e. The normalized spacial score (nSPS) is 10.4. The van der Waals surface area contributed by atoms with E-state index in [1.807, 2.05) is 24.3 Å². The van der Waals surface area contributed by atoms with Gasteiger partial charge in [0.15, 0.2) is 5.16 Å². The number of hydrogen-bond acceptors (Lipinski definition) is 6. The molecule has 6 N–H and O–H groups in total. The zero-order chi connectivity index (χ0) is 12.3. The maximum Gasteiger partial charge on any atom is 0.196 e. The number of hydrogen-bond donors (Lipinski definition) is 3. The van der Waals surface area contributed by atoms with Gasteiger partial charge >= 0.3 is 0 Å². The molecule has 0 amide bonds. The SMILES string of the molecule is NCc1ccc(Sc2nc(N)cc(N)n2)cc1. The Balaban J connectivity index is 2.19. The summed E-state index contributed by atoms with van der Waals surface area (Å²) in [7, 11) is 0. The van der Waals surface area contributed by atoms with Crippen LogP contribution in [0.4, 0.5) is 11.6 Å². The Hall–Kier alpha value is -1.79. The zero-order valence-corrected chi connectivity index (χ0v) is 9.95. The molecule has 0 spiro atoms. The lowest BCUT2D eigenvalue weighted by molar-refractivity contribution is 0.984. The molecular formula is C11H13N5S. The maximum atomic E-state index is 5.60. The molecule has 0 fully saturated rings. The second-order valence-corrected chi connectivity index (χ2v) is 4.49. The lowest BCUT2D eigenvalue weighted by atomic mass is 10.2. The Morgan fingerprint density at radius 2 is 1.59 bits per heavy atom. The third-order valence-corrected chi connectivity index (χ3v) is 2.99. The summed E-state index contributed by atoms with van der Waals surface area (Å²) in [4.78, 5) is 9.21. The molecule has 88 valence electrons. The highest BCUT2D eigenvalue weighted by molar-refractivity contribution is 7.99. The van der Waals surface area contributed by atoms with E-state index in [1.54, 1.807) is 0 Å². The number of nitrogens with two attached hydrogens (primary N) is 3. The quantitative estimate of drug-likeness (QED) is 0.705. The highest BCUT2D eigenvalue weighted by Gasteiger charge is 2.03. The monoisotopic (exact) mass is 247 g/mol. The molecule has 1 aromatic heterocycles. The van der Waals surface area contributed by atoms with E-state index in [9.17, 15) is 0 Å². The van der Waals surface area contributed by atoms with Gasteiger partial charge in [0, 0.05) is 17.5 Å². The Labute approximate surface area is 103 Å². The summed E-state index contributed by atoms with van der Waals surface area (Å²) < 4.78 is 0. The molecule has 0 aliphatic heterocycles. The van der Waals surface area contributed by atoms with Crippen molar-refractivity contribution in [1.82, 2.24) is 9.97 Å². The van der Waals surface area contributed by atoms with E-state index >= 15 is 0 Å². The summed E-state index contributed by atoms with van der Waals surface area (Å²) in [6, 6.07) is 9.41. The summed E-state index contributed by atoms with van der Waals surface area (Å²) in [5.74, 6) is 0.747. The number of nitrogens with zero attached hydrogens (tertiary/aromatic N) is 2. The second-order valence-electron chi connectivity index (χ2n) is 3.45. The highest BCUT2D eigenvalue weighted by atomic mass is 32.2. The second kappa shape index (κ2) is 5.03. The Morgan fingerprint density at radius 3 is 2.12 bits per heavy atom. The van der Waals surface area contributed by atoms with Crippen molar-refractivity contribution in [1.29, 1.82) is 0 Å². The number of nitrogen functional groups attached to an aromatic ring is 2. The molecule has 0 saturated heterocycles. The fourth-order valence-electron chi connectivity index (χ4n) is 1.31. The van der Waals surface area contributed by atoms with Gasteiger partial charge in [-0.3, -0.25) is 0 Å². The molecule has 0 atom stereocenters. The largest absolute Gasteiger partial charge is 0.383 e. The van der Waals surface area contributed by atoms with Crippen molar-refractivity contribution >= 4 is 23.4 Å². The molecular weight excluding hydrogens is 234 g/mol. The van der Waals surface area contributed by atoms with Crippen LogP contribution in [0.2, 0.25) is 0 Å². The number of aromatic nitrogens is 2. The van der Waals surface area contributed by atoms with Gasteiger partial charge in [-0.05, 0) is 29.5 Å². The molecule has 5 nitrogen and oxygen atoms in total. The molecule has 0 bridgehead atoms. The molecule has 6 heteroatoms. The van der Waals surface area contributed by atoms with Crippen molar-refractivity contribution < 1.29 is 0 Å². The number of benzene rings is 1. The van der Waals surface area contributed by atoms with Crippen molar-refractivity contribution in [3.63, 3.8) is 0 Å². The van der Waals surface area contributed by atoms with Gasteiger partial charge in [0.05, 0.1) is 0 Å². The Kier molecular flexibility index (Phi) is 3.46. The molecule has 0 aliphatic carbocycles. The first-order chi connectivity index (χ1) is 8.17. The van der Waals surface area contributed by atoms with E-state index in [1.165, 1.54) is 17.8 Å². The standard InChI is InChI=1S/C11H13N5S/c12-6-7-1-3-8(4-2-7)17-11-15-9(13)5-10(14)16-11/h1-5H,6,12H2,(H4,13,14,15,16). The number of anilines is 2. The van der Waals surface area contributed by atoms with E-state index < -0.39 is 0 Å². The van der Waals surface area contributed by atoms with Gasteiger partial charge in [-0.15, -0.1) is 0 Å². The molecule has 0 unspecified atom stereocenters. The van der Waals surface area contributed by atoms with Crippen LogP contribution in [0.3, 0.4) is 0 Å². The summed E-state index contributed by atoms with van der Waals surface area (Å²) in [5.41, 5.74) is 17.8. The van der Waals surface area contributed by atoms with Gasteiger partial charge in [-0.1, -0.05) is 12.1 Å². The summed E-state index contributed by atoms with van der Waals surface area (Å²) in [6.07, 6.45) is 0. The predicted octanol–water partition coefficient (Wildman–Crippen LogP) is 1.25. The zero-order valence-electron chi connectivity index (χ0n) is 9.13. The van der Waals surface area contributed by atoms with E-state index in [0.29, 0.717) is 23.3 Å². The van der Waals surface area contributed by atoms with Crippen molar-refractivity contribution in [2.24, 2.45) is 5.73 Å². The molecule has 0 radical (unpaired) electrons. The predicted molar refractivity (Wildman–Crippen MR) is 69.3 cm³/mol. The lowest BCUT2D eigenvalue weighted by Crippen LogP contribution is -1.99. The third-order valence-electron chi connectivity index (χ3n) is 2.11. The third kappa shape index (κ3) is 3.08. The lowest BCUT2D eigenvalue weighted by Gasteiger charge is -2.03. The van der Waals surface area contributed by atoms with Crippen LogP contribution in [0.1, 0.15) is 5.56 Å². The molecule has 17 heavy (non-hydrogen) atoms. The van der Waals surface area contributed by atoms with Gasteiger partial charge in [0.1, 0.15) is 11.6 Å². The average Bonchev–Trinajstić information content (AvgIpc) is 2.28. The van der Waals surface area contributed by atoms with E-state index in [4.69, 9.17) is 17.2 Å². The summed E-state index contributed by atoms with van der Waals surface area (Å²) in [5, 5.41) is 0.544. The van der Waals surface area contributed by atoms with Crippen molar-refractivity contribution in [2.45, 2.75) is 16.6 Å². The first-order valence-corrected chi connectivity index (χ1v) is 5.86. The van der Waals surface area contributed by atoms with Gasteiger partial charge in [0.2, 0.25) is 0 Å². The fraction of sp³-hybridized carbons (Fsp3) is 0.0909. The molecule has 0 aliphatic rings. The van der Waals surface area contributed by atoms with Crippen LogP contribution in [0, 0.1) is 0 Å². The van der Waals surface area contributed by atoms with Crippen molar-refractivity contribution in [2.75, 3.05) is 11.5 Å². The summed E-state index contributed by atoms with van der Waals surface area (Å²) in [6.45, 7) is 0.534. The first kappa shape index (κ1) is 11.7.